The third kappa shape index (κ3) is 3.19. The summed E-state index contributed by atoms with van der Waals surface area (Å²) >= 11 is 15.9. The molecule has 0 amide bonds. The van der Waals surface area contributed by atoms with Gasteiger partial charge in [-0.3, -0.25) is 0 Å². The standard InChI is InChI=1S/C16H14BrCl2F/c17-14-7-3-1-5-12(14)9-16(10-18,11-19)13-6-2-4-8-15(13)20/h1-8H,9-11H2. The maximum atomic E-state index is 14.1. The van der Waals surface area contributed by atoms with Crippen LogP contribution >= 0.6 is 39.1 Å². The molecule has 0 heterocycles. The molecular weight excluding hydrogens is 362 g/mol. The highest BCUT2D eigenvalue weighted by molar-refractivity contribution is 9.10. The third-order valence-electron chi connectivity index (χ3n) is 3.44. The second kappa shape index (κ2) is 6.93. The van der Waals surface area contributed by atoms with E-state index >= 15 is 0 Å². The van der Waals surface area contributed by atoms with E-state index in [1.165, 1.54) is 6.07 Å². The second-order valence-electron chi connectivity index (χ2n) is 4.80. The second-order valence-corrected chi connectivity index (χ2v) is 6.18. The zero-order valence-electron chi connectivity index (χ0n) is 10.8. The Hall–Kier alpha value is -0.570. The van der Waals surface area contributed by atoms with Crippen LogP contribution in [0.2, 0.25) is 0 Å². The van der Waals surface area contributed by atoms with E-state index in [-0.39, 0.29) is 17.6 Å². The Morgan fingerprint density at radius 1 is 0.950 bits per heavy atom. The van der Waals surface area contributed by atoms with Gasteiger partial charge in [-0.05, 0) is 29.7 Å². The van der Waals surface area contributed by atoms with Crippen LogP contribution in [0.5, 0.6) is 0 Å². The van der Waals surface area contributed by atoms with E-state index in [1.807, 2.05) is 30.3 Å². The minimum atomic E-state index is -0.613. The summed E-state index contributed by atoms with van der Waals surface area (Å²) in [7, 11) is 0. The summed E-state index contributed by atoms with van der Waals surface area (Å²) in [6.07, 6.45) is 0.586. The van der Waals surface area contributed by atoms with Crippen LogP contribution in [0.1, 0.15) is 11.1 Å². The zero-order valence-corrected chi connectivity index (χ0v) is 13.8. The molecule has 2 rings (SSSR count). The lowest BCUT2D eigenvalue weighted by atomic mass is 9.78. The van der Waals surface area contributed by atoms with Crippen molar-refractivity contribution in [1.29, 1.82) is 0 Å². The summed E-state index contributed by atoms with van der Waals surface area (Å²) in [6, 6.07) is 14.5. The van der Waals surface area contributed by atoms with Crippen molar-refractivity contribution >= 4 is 39.1 Å². The first kappa shape index (κ1) is 15.8. The number of rotatable bonds is 5. The molecule has 20 heavy (non-hydrogen) atoms. The molecule has 0 aromatic heterocycles. The molecule has 0 atom stereocenters. The summed E-state index contributed by atoms with van der Waals surface area (Å²) < 4.78 is 15.1. The van der Waals surface area contributed by atoms with Gasteiger partial charge in [-0.15, -0.1) is 23.2 Å². The van der Waals surface area contributed by atoms with Gasteiger partial charge in [0.2, 0.25) is 0 Å². The van der Waals surface area contributed by atoms with Crippen molar-refractivity contribution in [2.75, 3.05) is 11.8 Å². The van der Waals surface area contributed by atoms with Gasteiger partial charge in [0, 0.05) is 21.6 Å². The first-order chi connectivity index (χ1) is 9.63. The number of halogens is 4. The van der Waals surface area contributed by atoms with E-state index in [4.69, 9.17) is 23.2 Å². The predicted molar refractivity (Wildman–Crippen MR) is 87.4 cm³/mol. The topological polar surface area (TPSA) is 0 Å². The molecule has 2 aromatic carbocycles. The molecule has 0 saturated carbocycles. The van der Waals surface area contributed by atoms with Gasteiger partial charge in [0.1, 0.15) is 5.82 Å². The molecule has 0 aliphatic heterocycles. The lowest BCUT2D eigenvalue weighted by molar-refractivity contribution is 0.490. The van der Waals surface area contributed by atoms with Crippen LogP contribution in [0.3, 0.4) is 0 Å². The van der Waals surface area contributed by atoms with E-state index < -0.39 is 5.41 Å². The maximum absolute atomic E-state index is 14.1. The fraction of sp³-hybridized carbons (Fsp3) is 0.250. The summed E-state index contributed by atoms with van der Waals surface area (Å²) in [5.74, 6) is 0.262. The molecular formula is C16H14BrCl2F. The van der Waals surface area contributed by atoms with Gasteiger partial charge >= 0.3 is 0 Å². The van der Waals surface area contributed by atoms with Gasteiger partial charge in [-0.1, -0.05) is 52.3 Å². The Labute approximate surface area is 137 Å². The van der Waals surface area contributed by atoms with Crippen LogP contribution in [0.25, 0.3) is 0 Å². The highest BCUT2D eigenvalue weighted by Gasteiger charge is 2.33. The molecule has 106 valence electrons. The Morgan fingerprint density at radius 2 is 1.55 bits per heavy atom. The first-order valence-electron chi connectivity index (χ1n) is 6.23. The quantitative estimate of drug-likeness (QED) is 0.601. The minimum absolute atomic E-state index is 0.263. The fourth-order valence-electron chi connectivity index (χ4n) is 2.27. The third-order valence-corrected chi connectivity index (χ3v) is 5.24. The smallest absolute Gasteiger partial charge is 0.127 e. The Morgan fingerprint density at radius 3 is 2.15 bits per heavy atom. The molecule has 0 N–H and O–H groups in total. The maximum Gasteiger partial charge on any atom is 0.127 e. The number of hydrogen-bond donors (Lipinski definition) is 0. The molecule has 0 nitrogen and oxygen atoms in total. The van der Waals surface area contributed by atoms with E-state index in [0.717, 1.165) is 10.0 Å². The van der Waals surface area contributed by atoms with Gasteiger partial charge in [-0.2, -0.15) is 0 Å². The number of alkyl halides is 2. The SMILES string of the molecule is Fc1ccccc1C(CCl)(CCl)Cc1ccccc1Br. The molecule has 0 saturated heterocycles. The lowest BCUT2D eigenvalue weighted by Crippen LogP contribution is -2.34. The van der Waals surface area contributed by atoms with E-state index in [1.54, 1.807) is 12.1 Å². The van der Waals surface area contributed by atoms with Crippen molar-refractivity contribution in [2.24, 2.45) is 0 Å². The lowest BCUT2D eigenvalue weighted by Gasteiger charge is -2.31. The highest BCUT2D eigenvalue weighted by Crippen LogP contribution is 2.35. The minimum Gasteiger partial charge on any atom is -0.207 e. The highest BCUT2D eigenvalue weighted by atomic mass is 79.9. The summed E-state index contributed by atoms with van der Waals surface area (Å²) in [5, 5.41) is 0. The normalized spacial score (nSPS) is 11.6. The average Bonchev–Trinajstić information content (AvgIpc) is 2.48. The Balaban J connectivity index is 2.46. The molecule has 0 spiro atoms. The van der Waals surface area contributed by atoms with E-state index in [9.17, 15) is 4.39 Å². The van der Waals surface area contributed by atoms with Crippen molar-refractivity contribution in [1.82, 2.24) is 0 Å². The van der Waals surface area contributed by atoms with Gasteiger partial charge in [-0.25, -0.2) is 4.39 Å². The zero-order chi connectivity index (χ0) is 14.6. The van der Waals surface area contributed by atoms with Gasteiger partial charge in [0.15, 0.2) is 0 Å². The van der Waals surface area contributed by atoms with Crippen LogP contribution in [-0.4, -0.2) is 11.8 Å². The monoisotopic (exact) mass is 374 g/mol. The number of hydrogen-bond acceptors (Lipinski definition) is 0. The van der Waals surface area contributed by atoms with E-state index in [2.05, 4.69) is 15.9 Å². The molecule has 0 unspecified atom stereocenters. The van der Waals surface area contributed by atoms with E-state index in [0.29, 0.717) is 12.0 Å². The van der Waals surface area contributed by atoms with Crippen LogP contribution in [0.4, 0.5) is 4.39 Å². The van der Waals surface area contributed by atoms with Crippen LogP contribution in [0.15, 0.2) is 53.0 Å². The van der Waals surface area contributed by atoms with Crippen molar-refractivity contribution in [2.45, 2.75) is 11.8 Å². The molecule has 0 fully saturated rings. The van der Waals surface area contributed by atoms with Crippen molar-refractivity contribution in [3.05, 3.63) is 69.9 Å². The van der Waals surface area contributed by atoms with Crippen molar-refractivity contribution < 1.29 is 4.39 Å². The van der Waals surface area contributed by atoms with Crippen LogP contribution in [-0.2, 0) is 11.8 Å². The van der Waals surface area contributed by atoms with Gasteiger partial charge in [0.25, 0.3) is 0 Å². The summed E-state index contributed by atoms with van der Waals surface area (Å²) in [5.41, 5.74) is 1.02. The molecule has 0 radical (unpaired) electrons. The molecule has 0 bridgehead atoms. The van der Waals surface area contributed by atoms with Crippen LogP contribution < -0.4 is 0 Å². The molecule has 4 heteroatoms. The molecule has 0 aliphatic carbocycles. The van der Waals surface area contributed by atoms with Crippen molar-refractivity contribution in [3.8, 4) is 0 Å². The van der Waals surface area contributed by atoms with Crippen LogP contribution in [0, 0.1) is 5.82 Å². The largest absolute Gasteiger partial charge is 0.207 e. The average molecular weight is 376 g/mol. The number of benzene rings is 2. The van der Waals surface area contributed by atoms with Crippen molar-refractivity contribution in [3.63, 3.8) is 0 Å². The summed E-state index contributed by atoms with van der Waals surface area (Å²) in [6.45, 7) is 0. The van der Waals surface area contributed by atoms with Gasteiger partial charge < -0.3 is 0 Å². The molecule has 2 aromatic rings. The summed E-state index contributed by atoms with van der Waals surface area (Å²) in [4.78, 5) is 0. The Kier molecular flexibility index (Phi) is 5.48. The predicted octanol–water partition coefficient (Wildman–Crippen LogP) is 5.55. The Bertz CT molecular complexity index is 582. The first-order valence-corrected chi connectivity index (χ1v) is 8.09. The van der Waals surface area contributed by atoms with Gasteiger partial charge in [0.05, 0.1) is 0 Å². The molecule has 0 aliphatic rings. The fourth-order valence-corrected chi connectivity index (χ4v) is 3.45.